The molecule has 44 heteroatoms. The lowest BCUT2D eigenvalue weighted by molar-refractivity contribution is -0.134. The van der Waals surface area contributed by atoms with Gasteiger partial charge in [-0.25, -0.2) is 93.5 Å². The Hall–Kier alpha value is -10.9. The number of carbonyl (C=O) groups is 6. The third-order valence-electron chi connectivity index (χ3n) is 22.6. The van der Waals surface area contributed by atoms with Gasteiger partial charge in [0.25, 0.3) is 11.9 Å². The first-order chi connectivity index (χ1) is 69.2. The highest BCUT2D eigenvalue weighted by atomic mass is 35.5. The number of aromatic nitrogens is 4. The van der Waals surface area contributed by atoms with Crippen molar-refractivity contribution in [1.29, 1.82) is 0 Å². The van der Waals surface area contributed by atoms with Crippen LogP contribution in [0, 0.1) is 58.2 Å². The molecule has 0 bridgehead atoms. The number of sulfone groups is 2. The number of hydrogen-bond acceptors (Lipinski definition) is 20. The zero-order valence-electron chi connectivity index (χ0n) is 82.3. The Kier molecular flexibility index (Phi) is 41.8. The number of carboxylic acids is 1. The number of carboxylic acid groups (broad SMARTS) is 1. The second-order valence-electron chi connectivity index (χ2n) is 37.4. The van der Waals surface area contributed by atoms with Crippen molar-refractivity contribution in [2.75, 3.05) is 39.4 Å². The summed E-state index contributed by atoms with van der Waals surface area (Å²) in [6.45, 7) is 26.3. The number of hydrogen-bond donors (Lipinski definition) is 2. The maximum Gasteiger partial charge on any atom is 0.410 e. The van der Waals surface area contributed by atoms with Crippen LogP contribution in [0.4, 0.5) is 67.3 Å². The van der Waals surface area contributed by atoms with Crippen LogP contribution in [-0.2, 0) is 66.5 Å². The van der Waals surface area contributed by atoms with E-state index in [1.54, 1.807) is 42.8 Å². The molecule has 0 saturated carbocycles. The van der Waals surface area contributed by atoms with Crippen LogP contribution in [0.3, 0.4) is 0 Å². The van der Waals surface area contributed by atoms with E-state index in [4.69, 9.17) is 59.3 Å². The van der Waals surface area contributed by atoms with Crippen LogP contribution in [-0.4, -0.2) is 163 Å². The first kappa shape index (κ1) is 118. The molecular weight excluding hydrogens is 2110 g/mol. The Bertz CT molecular complexity index is 6930. The van der Waals surface area contributed by atoms with Crippen LogP contribution in [0.2, 0.25) is 5.15 Å². The summed E-state index contributed by atoms with van der Waals surface area (Å²) in [5, 5.41) is 17.9. The van der Waals surface area contributed by atoms with E-state index in [1.165, 1.54) is 89.6 Å². The van der Waals surface area contributed by atoms with Crippen molar-refractivity contribution in [3.63, 3.8) is 0 Å². The quantitative estimate of drug-likeness (QED) is 0.0104. The van der Waals surface area contributed by atoms with Gasteiger partial charge in [-0.05, 0) is 246 Å². The minimum absolute atomic E-state index is 0.0320. The number of thioether (sulfide) groups is 2. The molecule has 147 heavy (non-hydrogen) atoms. The Morgan fingerprint density at radius 1 is 0.476 bits per heavy atom. The molecule has 0 radical (unpaired) electrons. The Morgan fingerprint density at radius 3 is 1.18 bits per heavy atom. The van der Waals surface area contributed by atoms with Crippen molar-refractivity contribution >= 4 is 174 Å². The van der Waals surface area contributed by atoms with Gasteiger partial charge in [-0.2, -0.15) is 4.42 Å². The van der Waals surface area contributed by atoms with Gasteiger partial charge in [-0.3, -0.25) is 34.3 Å². The second-order valence-corrected chi connectivity index (χ2v) is 47.3. The number of nitrogens with one attached hydrogen (secondary N) is 1. The highest BCUT2D eigenvalue weighted by Gasteiger charge is 2.51. The van der Waals surface area contributed by atoms with Crippen LogP contribution >= 0.6 is 75.5 Å². The lowest BCUT2D eigenvalue weighted by Crippen LogP contribution is -2.38. The second kappa shape index (κ2) is 52.1. The fourth-order valence-corrected chi connectivity index (χ4v) is 20.9. The first-order valence-corrected chi connectivity index (χ1v) is 55.8. The topological polar surface area (TPSA) is 298 Å². The fourth-order valence-electron chi connectivity index (χ4n) is 15.7. The predicted molar refractivity (Wildman–Crippen MR) is 552 cm³/mol. The Morgan fingerprint density at radius 2 is 0.823 bits per heavy atom. The first-order valence-electron chi connectivity index (χ1n) is 46.1. The number of amides is 6. The van der Waals surface area contributed by atoms with Crippen LogP contribution in [0.5, 0.6) is 0 Å². The minimum atomic E-state index is -4.51. The number of urea groups is 1. The standard InChI is InChI=1S/C25H23F5N2O4S.C25H28N2O2S.C20H15F5N2O2S.C16H12ClNS.C9H17NO2.C5H6Cl2N2O2.C2H4O2.CH5FP2/c1-25(2,3)36-24(33)32-10-4-5-17(32)23-15-7-6-14(11-13(15)8-9-31-23)37(34,35)12-16-18(26)20(28)22(30)21(29)19(16)27;1-25(2,3)29-24(28)27-15-7-10-22(27)23-21-12-11-20(16-19(21)13-14-26-23)30-17-18-8-5-4-6-9-18;21-15-13(16(22)18(24)19(25)17(15)23)9-30(28,29)11-3-4-12-10(8-11)5-7-27-20(12)14-2-1-6-26-14;17-16-15-7-6-14(10-13(15)8-9-18-16)19-11-12-4-2-1-3-5-12;1-9(2,3)12-8(11)10-6-4-5-7-10;1-5(2)3(10)8(6)4(11)9(5)7;1-2(3)4;1-3-4-2/h6-9,11,17H,4-5,10,12H2,1-3H3;4-6,8-9,11-14,16,22H,7,10,15,17H2,1-3H3;3-5,7-8,14,26H,1-2,6,9H2;1-10H,11H2;4-7H2,1-3H3;1-2H3;1H3,(H,3,4);3-4H,1H3. The van der Waals surface area contributed by atoms with E-state index in [-0.39, 0.29) is 48.2 Å². The van der Waals surface area contributed by atoms with Gasteiger partial charge in [0.2, 0.25) is 11.6 Å². The lowest BCUT2D eigenvalue weighted by Gasteiger charge is -2.28. The third kappa shape index (κ3) is 31.6. The predicted octanol–water partition coefficient (Wildman–Crippen LogP) is 27.3. The zero-order chi connectivity index (χ0) is 108. The summed E-state index contributed by atoms with van der Waals surface area (Å²) < 4.78 is 216. The molecule has 5 atom stereocenters. The normalized spacial score (nSPS) is 16.2. The number of fused-ring (bicyclic) bond motifs is 4. The maximum absolute atomic E-state index is 14.1. The monoisotopic (exact) mass is 2210 g/mol. The van der Waals surface area contributed by atoms with E-state index in [2.05, 4.69) is 110 Å². The van der Waals surface area contributed by atoms with Gasteiger partial charge in [-0.1, -0.05) is 105 Å². The number of aliphatic carboxylic acids is 1. The number of carbonyl (C=O) groups excluding carboxylic acids is 5. The van der Waals surface area contributed by atoms with E-state index in [0.29, 0.717) is 71.0 Å². The number of pyridine rings is 4. The molecule has 9 heterocycles. The molecule has 17 rings (SSSR count). The summed E-state index contributed by atoms with van der Waals surface area (Å²) in [6.07, 6.45) is 12.9. The number of imide groups is 1. The SMILES string of the molecule is CC(=O)O.CC(C)(C)OC(=O)N1CCCC1.CC(C)(C)OC(=O)N1CCCC1c1nccc2cc(S(=O)(=O)Cc3c(F)c(F)c(F)c(F)c3F)ccc12.CC(C)(C)OC(=O)N1CCCC1c1nccc2cc(SCc3ccccc3)ccc12.CC1(C)C(=O)N(Cl)C(=O)N1Cl.CPPF.Clc1nccc2cc(SCc3ccccc3)ccc12.O=S(=O)(Cc1c(F)c(F)c(F)c(F)c1F)c1ccc2c(C3CCCN3)nccc2c1. The molecule has 12 aromatic rings. The molecule has 5 saturated heterocycles. The molecule has 788 valence electrons. The van der Waals surface area contributed by atoms with Gasteiger partial charge in [-0.15, -0.1) is 23.5 Å². The lowest BCUT2D eigenvalue weighted by atomic mass is 10.0. The van der Waals surface area contributed by atoms with E-state index in [1.807, 2.05) is 107 Å². The smallest absolute Gasteiger partial charge is 0.410 e. The molecular formula is C103H110Cl3F11N10O14P2S4. The van der Waals surface area contributed by atoms with E-state index in [9.17, 15) is 88.9 Å². The van der Waals surface area contributed by atoms with Gasteiger partial charge in [0.1, 0.15) is 27.5 Å². The summed E-state index contributed by atoms with van der Waals surface area (Å²) >= 11 is 20.5. The maximum atomic E-state index is 14.1. The Balaban J connectivity index is 0.000000185. The fraction of sp³-hybridized carbons (Fsp3) is 0.359. The van der Waals surface area contributed by atoms with Crippen molar-refractivity contribution in [3.8, 4) is 0 Å². The highest BCUT2D eigenvalue weighted by Crippen LogP contribution is 2.42. The van der Waals surface area contributed by atoms with E-state index in [0.717, 1.165) is 114 Å². The average molecular weight is 2220 g/mol. The number of benzene rings is 8. The van der Waals surface area contributed by atoms with Crippen LogP contribution in [0.1, 0.15) is 192 Å². The van der Waals surface area contributed by atoms with E-state index < -0.39 is 147 Å². The molecule has 0 spiro atoms. The van der Waals surface area contributed by atoms with Crippen molar-refractivity contribution in [3.05, 3.63) is 285 Å². The molecule has 24 nitrogen and oxygen atoms in total. The summed E-state index contributed by atoms with van der Waals surface area (Å²) in [6, 6.07) is 47.8. The number of ether oxygens (including phenoxy) is 3. The van der Waals surface area contributed by atoms with Crippen molar-refractivity contribution in [2.45, 2.75) is 218 Å². The number of halogens is 14. The average Bonchev–Trinajstić information content (AvgIpc) is 1.76. The summed E-state index contributed by atoms with van der Waals surface area (Å²) in [5.41, 5.74) is -0.537. The van der Waals surface area contributed by atoms with Gasteiger partial charge >= 0.3 is 24.3 Å². The Labute approximate surface area is 872 Å². The summed E-state index contributed by atoms with van der Waals surface area (Å²) in [5.74, 6) is -24.4. The third-order valence-corrected chi connectivity index (χ3v) is 30.0. The molecule has 5 aliphatic heterocycles. The molecule has 5 fully saturated rings. The van der Waals surface area contributed by atoms with Gasteiger partial charge in [0, 0.05) is 135 Å². The number of rotatable bonds is 16. The van der Waals surface area contributed by atoms with Crippen molar-refractivity contribution < 1.29 is 113 Å². The van der Waals surface area contributed by atoms with Crippen molar-refractivity contribution in [2.24, 2.45) is 0 Å². The number of nitrogens with zero attached hydrogens (tertiary/aromatic N) is 9. The van der Waals surface area contributed by atoms with Crippen LogP contribution in [0.25, 0.3) is 43.1 Å². The molecule has 5 unspecified atom stereocenters. The summed E-state index contributed by atoms with van der Waals surface area (Å²) in [4.78, 5) is 92.3. The molecule has 8 aromatic carbocycles. The van der Waals surface area contributed by atoms with E-state index >= 15 is 0 Å². The van der Waals surface area contributed by atoms with Crippen LogP contribution in [0.15, 0.2) is 202 Å². The van der Waals surface area contributed by atoms with Gasteiger partial charge in [0.05, 0.1) is 65.1 Å². The minimum Gasteiger partial charge on any atom is -0.481 e. The molecule has 2 N–H and O–H groups in total. The highest BCUT2D eigenvalue weighted by molar-refractivity contribution is 8.09. The van der Waals surface area contributed by atoms with Gasteiger partial charge < -0.3 is 29.5 Å². The largest absolute Gasteiger partial charge is 0.481 e. The molecule has 6 amide bonds. The van der Waals surface area contributed by atoms with Crippen molar-refractivity contribution in [1.82, 2.24) is 48.8 Å². The zero-order valence-corrected chi connectivity index (χ0v) is 89.8. The molecule has 4 aromatic heterocycles. The van der Waals surface area contributed by atoms with Crippen LogP contribution < -0.4 is 5.32 Å². The number of likely N-dealkylation sites (tertiary alicyclic amines) is 3. The van der Waals surface area contributed by atoms with Gasteiger partial charge in [0.15, 0.2) is 66.2 Å². The summed E-state index contributed by atoms with van der Waals surface area (Å²) in [7, 11) is -8.74. The molecule has 5 aliphatic rings. The molecule has 0 aliphatic carbocycles.